The van der Waals surface area contributed by atoms with Gasteiger partial charge in [0.2, 0.25) is 5.91 Å². The molecule has 0 aliphatic carbocycles. The monoisotopic (exact) mass is 198 g/mol. The Kier molecular flexibility index (Phi) is 3.93. The SMILES string of the molecule is CC(C)CN1CCC(NC(C)C)C1=O. The topological polar surface area (TPSA) is 32.3 Å². The summed E-state index contributed by atoms with van der Waals surface area (Å²) in [4.78, 5) is 13.8. The van der Waals surface area contributed by atoms with Crippen LogP contribution in [0.5, 0.6) is 0 Å². The molecule has 0 saturated carbocycles. The van der Waals surface area contributed by atoms with E-state index in [1.165, 1.54) is 0 Å². The molecule has 1 aliphatic heterocycles. The Morgan fingerprint density at radius 3 is 2.57 bits per heavy atom. The molecule has 0 aromatic rings. The summed E-state index contributed by atoms with van der Waals surface area (Å²) in [5, 5.41) is 3.30. The van der Waals surface area contributed by atoms with Crippen LogP contribution in [0.25, 0.3) is 0 Å². The maximum absolute atomic E-state index is 11.8. The molecule has 0 aromatic heterocycles. The zero-order chi connectivity index (χ0) is 10.7. The highest BCUT2D eigenvalue weighted by atomic mass is 16.2. The lowest BCUT2D eigenvalue weighted by Gasteiger charge is -2.20. The van der Waals surface area contributed by atoms with Gasteiger partial charge < -0.3 is 10.2 Å². The molecule has 1 rings (SSSR count). The predicted molar refractivity (Wildman–Crippen MR) is 58.1 cm³/mol. The summed E-state index contributed by atoms with van der Waals surface area (Å²) in [7, 11) is 0. The lowest BCUT2D eigenvalue weighted by molar-refractivity contribution is -0.130. The number of amides is 1. The van der Waals surface area contributed by atoms with Crippen molar-refractivity contribution in [3.8, 4) is 0 Å². The first-order valence-corrected chi connectivity index (χ1v) is 5.55. The number of rotatable bonds is 4. The molecule has 0 radical (unpaired) electrons. The Hall–Kier alpha value is -0.570. The van der Waals surface area contributed by atoms with Crippen LogP contribution in [0.1, 0.15) is 34.1 Å². The maximum Gasteiger partial charge on any atom is 0.239 e. The second kappa shape index (κ2) is 4.78. The van der Waals surface area contributed by atoms with Gasteiger partial charge in [-0.05, 0) is 12.3 Å². The number of hydrogen-bond donors (Lipinski definition) is 1. The fourth-order valence-corrected chi connectivity index (χ4v) is 1.92. The molecule has 14 heavy (non-hydrogen) atoms. The van der Waals surface area contributed by atoms with Crippen molar-refractivity contribution in [3.05, 3.63) is 0 Å². The molecule has 1 amide bonds. The number of carbonyl (C=O) groups excluding carboxylic acids is 1. The van der Waals surface area contributed by atoms with Crippen LogP contribution in [-0.4, -0.2) is 36.0 Å². The van der Waals surface area contributed by atoms with Gasteiger partial charge in [-0.25, -0.2) is 0 Å². The van der Waals surface area contributed by atoms with E-state index in [1.54, 1.807) is 0 Å². The summed E-state index contributed by atoms with van der Waals surface area (Å²) in [5.74, 6) is 0.851. The second-order valence-corrected chi connectivity index (χ2v) is 4.84. The molecule has 0 aromatic carbocycles. The number of nitrogens with one attached hydrogen (secondary N) is 1. The molecule has 1 fully saturated rings. The predicted octanol–water partition coefficient (Wildman–Crippen LogP) is 1.24. The van der Waals surface area contributed by atoms with Gasteiger partial charge in [0.05, 0.1) is 6.04 Å². The van der Waals surface area contributed by atoms with Crippen molar-refractivity contribution < 1.29 is 4.79 Å². The highest BCUT2D eigenvalue weighted by Crippen LogP contribution is 2.13. The van der Waals surface area contributed by atoms with E-state index < -0.39 is 0 Å². The first-order valence-electron chi connectivity index (χ1n) is 5.55. The van der Waals surface area contributed by atoms with E-state index in [0.717, 1.165) is 19.5 Å². The average molecular weight is 198 g/mol. The Balaban J connectivity index is 2.43. The molecular weight excluding hydrogens is 176 g/mol. The molecule has 1 aliphatic rings. The standard InChI is InChI=1S/C11H22N2O/c1-8(2)7-13-6-5-10(11(13)14)12-9(3)4/h8-10,12H,5-7H2,1-4H3. The zero-order valence-corrected chi connectivity index (χ0v) is 9.71. The van der Waals surface area contributed by atoms with Crippen molar-refractivity contribution in [3.63, 3.8) is 0 Å². The van der Waals surface area contributed by atoms with Crippen molar-refractivity contribution in [1.82, 2.24) is 10.2 Å². The van der Waals surface area contributed by atoms with Gasteiger partial charge in [0.1, 0.15) is 0 Å². The first-order chi connectivity index (χ1) is 6.50. The molecule has 3 nitrogen and oxygen atoms in total. The van der Waals surface area contributed by atoms with Crippen LogP contribution >= 0.6 is 0 Å². The number of carbonyl (C=O) groups is 1. The van der Waals surface area contributed by atoms with Gasteiger partial charge in [-0.15, -0.1) is 0 Å². The summed E-state index contributed by atoms with van der Waals surface area (Å²) in [6, 6.07) is 0.455. The Morgan fingerprint density at radius 2 is 2.07 bits per heavy atom. The van der Waals surface area contributed by atoms with Gasteiger partial charge >= 0.3 is 0 Å². The smallest absolute Gasteiger partial charge is 0.239 e. The molecule has 0 spiro atoms. The molecule has 1 atom stereocenters. The highest BCUT2D eigenvalue weighted by Gasteiger charge is 2.31. The Bertz CT molecular complexity index is 181. The summed E-state index contributed by atoms with van der Waals surface area (Å²) in [6.45, 7) is 10.3. The molecule has 1 N–H and O–H groups in total. The Morgan fingerprint density at radius 1 is 1.43 bits per heavy atom. The summed E-state index contributed by atoms with van der Waals surface area (Å²) in [5.41, 5.74) is 0. The lowest BCUT2D eigenvalue weighted by Crippen LogP contribution is -2.42. The Labute approximate surface area is 86.9 Å². The van der Waals surface area contributed by atoms with Crippen molar-refractivity contribution in [2.24, 2.45) is 5.92 Å². The van der Waals surface area contributed by atoms with Crippen molar-refractivity contribution in [1.29, 1.82) is 0 Å². The van der Waals surface area contributed by atoms with Crippen LogP contribution in [0, 0.1) is 5.92 Å². The van der Waals surface area contributed by atoms with Crippen molar-refractivity contribution in [2.75, 3.05) is 13.1 Å². The maximum atomic E-state index is 11.8. The minimum atomic E-state index is 0.0637. The van der Waals surface area contributed by atoms with Gasteiger partial charge in [0, 0.05) is 19.1 Å². The van der Waals surface area contributed by atoms with Gasteiger partial charge in [-0.2, -0.15) is 0 Å². The molecule has 0 bridgehead atoms. The summed E-state index contributed by atoms with van der Waals surface area (Å²) >= 11 is 0. The van der Waals surface area contributed by atoms with Crippen LogP contribution in [0.15, 0.2) is 0 Å². The van der Waals surface area contributed by atoms with Gasteiger partial charge in [-0.3, -0.25) is 4.79 Å². The van der Waals surface area contributed by atoms with E-state index in [1.807, 2.05) is 4.90 Å². The number of likely N-dealkylation sites (tertiary alicyclic amines) is 1. The van der Waals surface area contributed by atoms with E-state index in [0.29, 0.717) is 12.0 Å². The lowest BCUT2D eigenvalue weighted by atomic mass is 10.2. The molecule has 82 valence electrons. The highest BCUT2D eigenvalue weighted by molar-refractivity contribution is 5.84. The molecule has 3 heteroatoms. The summed E-state index contributed by atoms with van der Waals surface area (Å²) in [6.07, 6.45) is 0.962. The van der Waals surface area contributed by atoms with E-state index in [9.17, 15) is 4.79 Å². The van der Waals surface area contributed by atoms with Crippen molar-refractivity contribution in [2.45, 2.75) is 46.2 Å². The fraction of sp³-hybridized carbons (Fsp3) is 0.909. The minimum absolute atomic E-state index is 0.0637. The first kappa shape index (κ1) is 11.5. The van der Waals surface area contributed by atoms with Crippen molar-refractivity contribution >= 4 is 5.91 Å². The number of nitrogens with zero attached hydrogens (tertiary/aromatic N) is 1. The van der Waals surface area contributed by atoms with Gasteiger partial charge in [0.25, 0.3) is 0 Å². The average Bonchev–Trinajstić information content (AvgIpc) is 2.34. The van der Waals surface area contributed by atoms with Crippen LogP contribution < -0.4 is 5.32 Å². The van der Waals surface area contributed by atoms with Gasteiger partial charge in [0.15, 0.2) is 0 Å². The summed E-state index contributed by atoms with van der Waals surface area (Å²) < 4.78 is 0. The van der Waals surface area contributed by atoms with Gasteiger partial charge in [-0.1, -0.05) is 27.7 Å². The molecule has 1 unspecified atom stereocenters. The third-order valence-electron chi connectivity index (χ3n) is 2.42. The zero-order valence-electron chi connectivity index (χ0n) is 9.71. The van der Waals surface area contributed by atoms with Crippen LogP contribution in [0.4, 0.5) is 0 Å². The van der Waals surface area contributed by atoms with E-state index >= 15 is 0 Å². The second-order valence-electron chi connectivity index (χ2n) is 4.84. The van der Waals surface area contributed by atoms with E-state index in [2.05, 4.69) is 33.0 Å². The largest absolute Gasteiger partial charge is 0.341 e. The normalized spacial score (nSPS) is 22.9. The quantitative estimate of drug-likeness (QED) is 0.737. The third-order valence-corrected chi connectivity index (χ3v) is 2.42. The van der Waals surface area contributed by atoms with Crippen LogP contribution in [0.3, 0.4) is 0 Å². The number of hydrogen-bond acceptors (Lipinski definition) is 2. The van der Waals surface area contributed by atoms with Crippen LogP contribution in [0.2, 0.25) is 0 Å². The van der Waals surface area contributed by atoms with E-state index in [4.69, 9.17) is 0 Å². The molecular formula is C11H22N2O. The fourth-order valence-electron chi connectivity index (χ4n) is 1.92. The molecule has 1 saturated heterocycles. The van der Waals surface area contributed by atoms with E-state index in [-0.39, 0.29) is 11.9 Å². The third kappa shape index (κ3) is 2.98. The molecule has 1 heterocycles. The van der Waals surface area contributed by atoms with Crippen LogP contribution in [-0.2, 0) is 4.79 Å². The minimum Gasteiger partial charge on any atom is -0.341 e.